The summed E-state index contributed by atoms with van der Waals surface area (Å²) in [5.74, 6) is 0. The summed E-state index contributed by atoms with van der Waals surface area (Å²) in [4.78, 5) is 20.7. The molecule has 5 aliphatic heterocycles. The lowest BCUT2D eigenvalue weighted by atomic mass is 9.97. The van der Waals surface area contributed by atoms with E-state index in [0.29, 0.717) is 0 Å². The molecule has 0 aromatic carbocycles. The van der Waals surface area contributed by atoms with Gasteiger partial charge in [0.1, 0.15) is 0 Å². The zero-order chi connectivity index (χ0) is 23.8. The molecule has 4 nitrogen and oxygen atoms in total. The van der Waals surface area contributed by atoms with Crippen molar-refractivity contribution < 1.29 is 0 Å². The largest absolute Gasteiger partial charge is 0.249 e. The van der Waals surface area contributed by atoms with E-state index in [9.17, 15) is 0 Å². The summed E-state index contributed by atoms with van der Waals surface area (Å²) < 4.78 is 0. The maximum atomic E-state index is 5.03. The normalized spacial score (nSPS) is 19.7. The lowest BCUT2D eigenvalue weighted by Gasteiger charge is -2.08. The third kappa shape index (κ3) is 4.40. The third-order valence-corrected chi connectivity index (χ3v) is 7.39. The Morgan fingerprint density at radius 2 is 1.17 bits per heavy atom. The molecule has 0 amide bonds. The molecule has 5 aliphatic rings. The smallest absolute Gasteiger partial charge is 0.0745 e. The number of aliphatic imine (C=N–C) groups is 4. The second kappa shape index (κ2) is 9.16. The summed E-state index contributed by atoms with van der Waals surface area (Å²) in [7, 11) is 0. The molecule has 0 unspecified atom stereocenters. The molecule has 0 saturated carbocycles. The Labute approximate surface area is 210 Å². The molecule has 8 bridgehead atoms. The van der Waals surface area contributed by atoms with Crippen LogP contribution >= 0.6 is 11.3 Å². The van der Waals surface area contributed by atoms with Crippen molar-refractivity contribution in [2.75, 3.05) is 0 Å². The van der Waals surface area contributed by atoms with Crippen molar-refractivity contribution in [3.05, 3.63) is 111 Å². The Morgan fingerprint density at radius 1 is 0.600 bits per heavy atom. The van der Waals surface area contributed by atoms with Crippen LogP contribution in [0.25, 0.3) is 5.57 Å². The fraction of sp³-hybridized carbons (Fsp3) is 0.200. The van der Waals surface area contributed by atoms with Gasteiger partial charge in [-0.15, -0.1) is 11.3 Å². The van der Waals surface area contributed by atoms with Crippen LogP contribution in [0.4, 0.5) is 0 Å². The first-order valence-electron chi connectivity index (χ1n) is 12.3. The van der Waals surface area contributed by atoms with Crippen LogP contribution in [0.5, 0.6) is 0 Å². The van der Waals surface area contributed by atoms with E-state index >= 15 is 0 Å². The molecule has 0 radical (unpaired) electrons. The first-order valence-corrected chi connectivity index (χ1v) is 13.1. The van der Waals surface area contributed by atoms with E-state index in [1.165, 1.54) is 21.6 Å². The second-order valence-corrected chi connectivity index (χ2v) is 9.89. The topological polar surface area (TPSA) is 49.4 Å². The Bertz CT molecular complexity index is 1490. The fourth-order valence-corrected chi connectivity index (χ4v) is 5.91. The molecule has 172 valence electrons. The van der Waals surface area contributed by atoms with Gasteiger partial charge in [-0.05, 0) is 96.2 Å². The van der Waals surface area contributed by atoms with Crippen molar-refractivity contribution in [1.82, 2.24) is 0 Å². The van der Waals surface area contributed by atoms with E-state index in [-0.39, 0.29) is 0 Å². The quantitative estimate of drug-likeness (QED) is 0.438. The number of hydrogen-bond acceptors (Lipinski definition) is 5. The Hall–Kier alpha value is -3.70. The summed E-state index contributed by atoms with van der Waals surface area (Å²) in [6.45, 7) is 4.51. The molecule has 6 heterocycles. The van der Waals surface area contributed by atoms with Crippen LogP contribution in [-0.4, -0.2) is 22.8 Å². The summed E-state index contributed by atoms with van der Waals surface area (Å²) in [5.41, 5.74) is 11.4. The van der Waals surface area contributed by atoms with Crippen molar-refractivity contribution in [3.8, 4) is 0 Å². The Kier molecular flexibility index (Phi) is 5.71. The molecule has 0 spiro atoms. The highest BCUT2D eigenvalue weighted by atomic mass is 32.1. The molecular weight excluding hydrogens is 448 g/mol. The van der Waals surface area contributed by atoms with E-state index < -0.39 is 0 Å². The van der Waals surface area contributed by atoms with Crippen LogP contribution in [0.2, 0.25) is 0 Å². The predicted octanol–water partition coefficient (Wildman–Crippen LogP) is 7.07. The maximum absolute atomic E-state index is 5.03. The number of thiophene rings is 1. The van der Waals surface area contributed by atoms with Crippen LogP contribution in [0.3, 0.4) is 0 Å². The maximum Gasteiger partial charge on any atom is 0.0745 e. The molecule has 0 atom stereocenters. The van der Waals surface area contributed by atoms with Gasteiger partial charge in [0.2, 0.25) is 0 Å². The van der Waals surface area contributed by atoms with Gasteiger partial charge in [-0.25, -0.2) is 20.0 Å². The molecule has 0 saturated heterocycles. The number of rotatable bonds is 5. The molecule has 0 N–H and O–H groups in total. The Morgan fingerprint density at radius 3 is 1.77 bits per heavy atom. The summed E-state index contributed by atoms with van der Waals surface area (Å²) >= 11 is 1.84. The van der Waals surface area contributed by atoms with Gasteiger partial charge in [0.15, 0.2) is 0 Å². The molecule has 5 heteroatoms. The average molecular weight is 475 g/mol. The Balaban J connectivity index is 1.48. The zero-order valence-corrected chi connectivity index (χ0v) is 20.8. The minimum Gasteiger partial charge on any atom is -0.249 e. The zero-order valence-electron chi connectivity index (χ0n) is 20.0. The molecule has 1 aromatic heterocycles. The molecular formula is C30H26N4S. The van der Waals surface area contributed by atoms with Crippen molar-refractivity contribution in [3.63, 3.8) is 0 Å². The van der Waals surface area contributed by atoms with Crippen LogP contribution in [0, 0.1) is 0 Å². The number of hydrogen-bond donors (Lipinski definition) is 0. The molecule has 0 aliphatic carbocycles. The summed E-state index contributed by atoms with van der Waals surface area (Å²) in [5, 5.41) is 2.34. The van der Waals surface area contributed by atoms with Crippen molar-refractivity contribution in [2.24, 2.45) is 20.0 Å². The monoisotopic (exact) mass is 474 g/mol. The second-order valence-electron chi connectivity index (χ2n) is 9.01. The highest BCUT2D eigenvalue weighted by Crippen LogP contribution is 2.37. The average Bonchev–Trinajstić information content (AvgIpc) is 3.65. The first-order chi connectivity index (χ1) is 17.2. The van der Waals surface area contributed by atoms with Crippen LogP contribution < -0.4 is 0 Å². The molecule has 6 rings (SSSR count). The van der Waals surface area contributed by atoms with E-state index in [0.717, 1.165) is 71.3 Å². The van der Waals surface area contributed by atoms with Crippen molar-refractivity contribution in [1.29, 1.82) is 0 Å². The van der Waals surface area contributed by atoms with Crippen LogP contribution in [-0.2, 0) is 12.8 Å². The van der Waals surface area contributed by atoms with Gasteiger partial charge in [-0.3, -0.25) is 0 Å². The number of aryl methyl sites for hydroxylation is 1. The number of fused-ring (bicyclic) bond motifs is 4. The van der Waals surface area contributed by atoms with E-state index in [2.05, 4.69) is 43.5 Å². The minimum absolute atomic E-state index is 0.895. The number of allylic oxidation sites excluding steroid dienone is 12. The lowest BCUT2D eigenvalue weighted by molar-refractivity contribution is 0.867. The standard InChI is InChI=1S/C30H26N4S/c1-3-5-19-18-35-30(27(19)6-4-2)28-16-26-15-24-10-9-22(32-24)13-20-7-8-21(31-20)14-23-11-12-25(33-23)17-29(28)34-26/h7-18H,3-6H2,1-2H3. The lowest BCUT2D eigenvalue weighted by Crippen LogP contribution is -1.99. The summed E-state index contributed by atoms with van der Waals surface area (Å²) in [6, 6.07) is 0. The minimum atomic E-state index is 0.895. The van der Waals surface area contributed by atoms with E-state index in [1.807, 2.05) is 53.9 Å². The van der Waals surface area contributed by atoms with Gasteiger partial charge < -0.3 is 0 Å². The van der Waals surface area contributed by atoms with E-state index in [1.54, 1.807) is 0 Å². The van der Waals surface area contributed by atoms with Crippen molar-refractivity contribution in [2.45, 2.75) is 39.5 Å². The SMILES string of the molecule is CCCc1csc(C2=CC3=CC4=NC(=CC5=NC(=CC6=NC(=CC2=N3)C=C6)C=C5)C=C4)c1CCC. The van der Waals surface area contributed by atoms with Crippen LogP contribution in [0.15, 0.2) is 115 Å². The highest BCUT2D eigenvalue weighted by molar-refractivity contribution is 7.12. The van der Waals surface area contributed by atoms with E-state index in [4.69, 9.17) is 20.0 Å². The van der Waals surface area contributed by atoms with Gasteiger partial charge in [-0.1, -0.05) is 26.7 Å². The third-order valence-electron chi connectivity index (χ3n) is 6.28. The van der Waals surface area contributed by atoms with Gasteiger partial charge in [0.25, 0.3) is 0 Å². The fourth-order valence-electron chi connectivity index (χ4n) is 4.73. The van der Waals surface area contributed by atoms with Crippen molar-refractivity contribution >= 4 is 39.8 Å². The van der Waals surface area contributed by atoms with Gasteiger partial charge in [0, 0.05) is 10.5 Å². The molecule has 35 heavy (non-hydrogen) atoms. The van der Waals surface area contributed by atoms with Gasteiger partial charge >= 0.3 is 0 Å². The summed E-state index contributed by atoms with van der Waals surface area (Å²) in [6.07, 6.45) is 27.1. The highest BCUT2D eigenvalue weighted by Gasteiger charge is 2.23. The molecule has 1 aromatic rings. The molecule has 0 fully saturated rings. The van der Waals surface area contributed by atoms with Gasteiger partial charge in [0.05, 0.1) is 45.6 Å². The van der Waals surface area contributed by atoms with Gasteiger partial charge in [-0.2, -0.15) is 0 Å². The number of nitrogens with zero attached hydrogens (tertiary/aromatic N) is 4. The predicted molar refractivity (Wildman–Crippen MR) is 150 cm³/mol. The first kappa shape index (κ1) is 21.8. The van der Waals surface area contributed by atoms with Crippen LogP contribution in [0.1, 0.15) is 42.7 Å².